The minimum Gasteiger partial charge on any atom is -0.373 e. The van der Waals surface area contributed by atoms with Crippen molar-refractivity contribution in [2.24, 2.45) is 91.7 Å². The second kappa shape index (κ2) is 15.6. The van der Waals surface area contributed by atoms with Gasteiger partial charge in [-0.1, -0.05) is 104 Å². The van der Waals surface area contributed by atoms with Gasteiger partial charge in [-0.2, -0.15) is 40.9 Å². The Kier molecular flexibility index (Phi) is 12.1. The minimum atomic E-state index is -0.479. The summed E-state index contributed by atoms with van der Waals surface area (Å²) in [5.41, 5.74) is 0.778. The second-order valence-electron chi connectivity index (χ2n) is 15.9. The third kappa shape index (κ3) is 8.37. The van der Waals surface area contributed by atoms with Crippen molar-refractivity contribution in [2.75, 3.05) is 26.9 Å². The van der Waals surface area contributed by atoms with Gasteiger partial charge in [-0.15, -0.1) is 0 Å². The van der Waals surface area contributed by atoms with Gasteiger partial charge in [0, 0.05) is 0 Å². The Balaban J connectivity index is 2.03. The maximum absolute atomic E-state index is 9.38. The Bertz CT molecular complexity index is 1480. The third-order valence-corrected chi connectivity index (χ3v) is 10.6. The molecule has 0 aromatic heterocycles. The fourth-order valence-corrected chi connectivity index (χ4v) is 8.88. The molecule has 0 saturated carbocycles. The minimum absolute atomic E-state index is 0.0300. The van der Waals surface area contributed by atoms with Crippen LogP contribution in [0.15, 0.2) is 137 Å². The number of nitrogens with zero attached hydrogens (tertiary/aromatic N) is 8. The number of azo groups is 4. The first-order valence-electron chi connectivity index (χ1n) is 17.1. The normalized spacial score (nSPS) is 29.4. The van der Waals surface area contributed by atoms with Crippen LogP contribution in [0.5, 0.6) is 0 Å². The van der Waals surface area contributed by atoms with Crippen molar-refractivity contribution in [1.29, 1.82) is 0 Å². The van der Waals surface area contributed by atoms with Crippen molar-refractivity contribution in [1.82, 2.24) is 0 Å². The van der Waals surface area contributed by atoms with Crippen LogP contribution in [0.4, 0.5) is 0 Å². The topological polar surface area (TPSA) is 180 Å². The van der Waals surface area contributed by atoms with Gasteiger partial charge in [0.1, 0.15) is 0 Å². The molecule has 270 valence electrons. The van der Waals surface area contributed by atoms with E-state index in [0.29, 0.717) is 22.8 Å². The first kappa shape index (κ1) is 39.0. The molecule has 0 fully saturated rings. The summed E-state index contributed by atoms with van der Waals surface area (Å²) in [6.45, 7) is 16.4. The molecule has 4 atom stereocenters. The van der Waals surface area contributed by atoms with E-state index in [9.17, 15) is 20.4 Å². The predicted octanol–water partition coefficient (Wildman–Crippen LogP) is 8.36. The van der Waals surface area contributed by atoms with E-state index in [-0.39, 0.29) is 56.0 Å². The fourth-order valence-electron chi connectivity index (χ4n) is 8.88. The zero-order valence-corrected chi connectivity index (χ0v) is 30.6. The molecular formula is C38H54N8O4. The van der Waals surface area contributed by atoms with Gasteiger partial charge in [0.25, 0.3) is 0 Å². The van der Waals surface area contributed by atoms with Crippen molar-refractivity contribution in [3.8, 4) is 0 Å². The second-order valence-corrected chi connectivity index (χ2v) is 15.9. The molecule has 4 unspecified atom stereocenters. The molecule has 0 aromatic carbocycles. The van der Waals surface area contributed by atoms with Crippen molar-refractivity contribution in [3.05, 3.63) is 95.7 Å². The zero-order valence-electron chi connectivity index (χ0n) is 30.6. The Morgan fingerprint density at radius 2 is 0.740 bits per heavy atom. The summed E-state index contributed by atoms with van der Waals surface area (Å²) in [7, 11) is 0. The van der Waals surface area contributed by atoms with Gasteiger partial charge in [-0.3, -0.25) is 0 Å². The quantitative estimate of drug-likeness (QED) is 0.142. The SMILES string of the molecule is CC1(C)C=C(N=NCO)C=CC1CC(C1C=CC(N=NCO)=CC1(C)C)(C1C=CC(N=NCO)=CC1(C)C)C1C=CC(N=NCO)=CC1(C)C. The molecule has 4 aliphatic carbocycles. The molecule has 4 N–H and O–H groups in total. The van der Waals surface area contributed by atoms with Gasteiger partial charge in [0.05, 0.1) is 22.8 Å². The van der Waals surface area contributed by atoms with Crippen molar-refractivity contribution in [2.45, 2.75) is 61.8 Å². The predicted molar refractivity (Wildman–Crippen MR) is 193 cm³/mol. The van der Waals surface area contributed by atoms with Gasteiger partial charge in [-0.05, 0) is 81.5 Å². The van der Waals surface area contributed by atoms with Crippen LogP contribution < -0.4 is 0 Å². The van der Waals surface area contributed by atoms with E-state index in [4.69, 9.17) is 0 Å². The van der Waals surface area contributed by atoms with Crippen molar-refractivity contribution in [3.63, 3.8) is 0 Å². The van der Waals surface area contributed by atoms with E-state index < -0.39 is 21.7 Å². The van der Waals surface area contributed by atoms with Crippen LogP contribution in [0.25, 0.3) is 0 Å². The van der Waals surface area contributed by atoms with Crippen molar-refractivity contribution >= 4 is 0 Å². The average Bonchev–Trinajstić information content (AvgIpc) is 3.03. The van der Waals surface area contributed by atoms with Crippen molar-refractivity contribution < 1.29 is 20.4 Å². The highest BCUT2D eigenvalue weighted by molar-refractivity contribution is 5.39. The summed E-state index contributed by atoms with van der Waals surface area (Å²) in [6.07, 6.45) is 26.5. The highest BCUT2D eigenvalue weighted by Crippen LogP contribution is 2.67. The standard InChI is InChI=1S/C38H54N8O4/c1-34(2)18-27(43-39-22-47)10-9-26(34)17-38(31-14-11-28(44-40-23-48)19-35(31,3)4,32-15-12-29(45-41-24-49)20-36(32,5)6)33-16-13-30(46-42-25-50)21-37(33,7)8/h9-16,18-21,26,31-33,47-50H,17,22-25H2,1-8H3. The lowest BCUT2D eigenvalue weighted by Gasteiger charge is -2.62. The largest absolute Gasteiger partial charge is 0.373 e. The molecule has 0 radical (unpaired) electrons. The average molecular weight is 687 g/mol. The Morgan fingerprint density at radius 1 is 0.460 bits per heavy atom. The molecule has 50 heavy (non-hydrogen) atoms. The van der Waals surface area contributed by atoms with Gasteiger partial charge < -0.3 is 20.4 Å². The van der Waals surface area contributed by atoms with Crippen LogP contribution in [0, 0.1) is 50.7 Å². The molecule has 0 heterocycles. The summed E-state index contributed by atoms with van der Waals surface area (Å²) in [6, 6.07) is 0. The lowest BCUT2D eigenvalue weighted by molar-refractivity contribution is -0.0711. The van der Waals surface area contributed by atoms with Gasteiger partial charge in [0.15, 0.2) is 26.9 Å². The fraction of sp³-hybridized carbons (Fsp3) is 0.579. The molecule has 0 aliphatic heterocycles. The highest BCUT2D eigenvalue weighted by Gasteiger charge is 2.61. The van der Waals surface area contributed by atoms with E-state index in [1.807, 2.05) is 24.3 Å². The van der Waals surface area contributed by atoms with Crippen LogP contribution in [0.2, 0.25) is 0 Å². The van der Waals surface area contributed by atoms with Crippen LogP contribution in [-0.2, 0) is 0 Å². The third-order valence-electron chi connectivity index (χ3n) is 10.6. The van der Waals surface area contributed by atoms with Gasteiger partial charge >= 0.3 is 0 Å². The molecule has 0 bridgehead atoms. The summed E-state index contributed by atoms with van der Waals surface area (Å²) >= 11 is 0. The molecule has 12 nitrogen and oxygen atoms in total. The van der Waals surface area contributed by atoms with Crippen LogP contribution in [0.3, 0.4) is 0 Å². The Labute approximate surface area is 296 Å². The van der Waals surface area contributed by atoms with E-state index >= 15 is 0 Å². The maximum Gasteiger partial charge on any atom is 0.155 e. The van der Waals surface area contributed by atoms with Crippen LogP contribution in [-0.4, -0.2) is 47.3 Å². The lowest BCUT2D eigenvalue weighted by atomic mass is 9.41. The van der Waals surface area contributed by atoms with Crippen LogP contribution in [0.1, 0.15) is 61.8 Å². The number of allylic oxidation sites excluding steroid dienone is 12. The summed E-state index contributed by atoms with van der Waals surface area (Å²) < 4.78 is 0. The van der Waals surface area contributed by atoms with E-state index in [1.54, 1.807) is 0 Å². The molecule has 0 saturated heterocycles. The number of rotatable bonds is 13. The molecular weight excluding hydrogens is 632 g/mol. The number of hydrogen-bond acceptors (Lipinski definition) is 12. The molecule has 4 rings (SSSR count). The summed E-state index contributed by atoms with van der Waals surface area (Å²) in [5, 5.41) is 70.1. The molecule has 0 spiro atoms. The lowest BCUT2D eigenvalue weighted by Crippen LogP contribution is -2.57. The smallest absolute Gasteiger partial charge is 0.155 e. The molecule has 0 aromatic rings. The molecule has 12 heteroatoms. The summed E-state index contributed by atoms with van der Waals surface area (Å²) in [4.78, 5) is 0. The summed E-state index contributed by atoms with van der Waals surface area (Å²) in [5.74, 6) is -0.0145. The van der Waals surface area contributed by atoms with E-state index in [0.717, 1.165) is 6.42 Å². The van der Waals surface area contributed by atoms with Gasteiger partial charge in [-0.25, -0.2) is 0 Å². The highest BCUT2D eigenvalue weighted by atomic mass is 16.3. The van der Waals surface area contributed by atoms with Crippen LogP contribution >= 0.6 is 0 Å². The number of aliphatic hydroxyl groups is 4. The Morgan fingerprint density at radius 3 is 1.00 bits per heavy atom. The first-order chi connectivity index (χ1) is 23.6. The molecule has 4 aliphatic rings. The zero-order chi connectivity index (χ0) is 36.8. The van der Waals surface area contributed by atoms with Gasteiger partial charge in [0.2, 0.25) is 0 Å². The van der Waals surface area contributed by atoms with E-state index in [2.05, 4.69) is 145 Å². The molecule has 0 amide bonds. The first-order valence-corrected chi connectivity index (χ1v) is 17.1. The number of hydrogen-bond donors (Lipinski definition) is 4. The monoisotopic (exact) mass is 686 g/mol. The maximum atomic E-state index is 9.38. The van der Waals surface area contributed by atoms with E-state index in [1.165, 1.54) is 0 Å². The number of aliphatic hydroxyl groups excluding tert-OH is 4. The Hall–Kier alpha value is -3.84.